The largest absolute Gasteiger partial charge is 0.309 e. The molecule has 0 amide bonds. The van der Waals surface area contributed by atoms with Crippen molar-refractivity contribution < 1.29 is 0 Å². The van der Waals surface area contributed by atoms with Crippen molar-refractivity contribution in [2.75, 3.05) is 0 Å². The van der Waals surface area contributed by atoms with E-state index in [0.29, 0.717) is 0 Å². The predicted octanol–water partition coefficient (Wildman–Crippen LogP) is 21.6. The highest BCUT2D eigenvalue weighted by Gasteiger charge is 2.18. The quantitative estimate of drug-likeness (QED) is 0.0414. The number of aromatic nitrogens is 2. The first-order chi connectivity index (χ1) is 33.6. The maximum absolute atomic E-state index is 3.80. The highest BCUT2D eigenvalue weighted by atomic mass is 79.9. The molecule has 4 heteroatoms. The van der Waals surface area contributed by atoms with E-state index in [2.05, 4.69) is 176 Å². The number of halogens is 2. The van der Waals surface area contributed by atoms with Crippen molar-refractivity contribution in [3.63, 3.8) is 0 Å². The highest BCUT2D eigenvalue weighted by Crippen LogP contribution is 2.39. The molecule has 0 saturated heterocycles. The first-order valence-corrected chi connectivity index (χ1v) is 28.8. The smallest absolute Gasteiger partial charge is 0.0573 e. The fourth-order valence-electron chi connectivity index (χ4n) is 11.1. The van der Waals surface area contributed by atoms with Gasteiger partial charge >= 0.3 is 0 Å². The summed E-state index contributed by atoms with van der Waals surface area (Å²) in [6.45, 7) is 4.61. The van der Waals surface area contributed by atoms with Crippen molar-refractivity contribution in [1.29, 1.82) is 0 Å². The Morgan fingerprint density at radius 3 is 0.985 bits per heavy atom. The van der Waals surface area contributed by atoms with Gasteiger partial charge in [-0.05, 0) is 109 Å². The lowest BCUT2D eigenvalue weighted by Gasteiger charge is -2.14. The van der Waals surface area contributed by atoms with Crippen molar-refractivity contribution in [3.8, 4) is 22.5 Å². The molecular weight excluding hydrogens is 957 g/mol. The summed E-state index contributed by atoms with van der Waals surface area (Å²) in [6.07, 6.45) is 35.2. The number of aryl methyl sites for hydroxylation is 2. The normalized spacial score (nSPS) is 11.9. The molecule has 0 aliphatic heterocycles. The molecule has 0 fully saturated rings. The summed E-state index contributed by atoms with van der Waals surface area (Å²) in [4.78, 5) is 0. The third-order valence-corrected chi connectivity index (χ3v) is 15.8. The zero-order chi connectivity index (χ0) is 46.9. The molecule has 6 aromatic carbocycles. The summed E-state index contributed by atoms with van der Waals surface area (Å²) < 4.78 is 7.29. The van der Waals surface area contributed by atoms with Crippen LogP contribution in [0.4, 0.5) is 0 Å². The van der Waals surface area contributed by atoms with Gasteiger partial charge in [-0.2, -0.15) is 0 Å². The second kappa shape index (κ2) is 26.2. The van der Waals surface area contributed by atoms with Crippen LogP contribution in [0.3, 0.4) is 0 Å². The van der Waals surface area contributed by atoms with Crippen LogP contribution >= 0.6 is 31.9 Å². The summed E-state index contributed by atoms with van der Waals surface area (Å²) in [5, 5.41) is 5.29. The highest BCUT2D eigenvalue weighted by molar-refractivity contribution is 9.10. The molecule has 68 heavy (non-hydrogen) atoms. The average Bonchev–Trinajstić information content (AvgIpc) is 3.87. The number of rotatable bonds is 29. The van der Waals surface area contributed by atoms with Crippen molar-refractivity contribution in [1.82, 2.24) is 9.13 Å². The summed E-state index contributed by atoms with van der Waals surface area (Å²) in [5.41, 5.74) is 13.1. The Bertz CT molecular complexity index is 2600. The van der Waals surface area contributed by atoms with E-state index >= 15 is 0 Å². The number of hydrogen-bond donors (Lipinski definition) is 0. The van der Waals surface area contributed by atoms with Crippen LogP contribution < -0.4 is 0 Å². The molecule has 8 aromatic rings. The van der Waals surface area contributed by atoms with Crippen LogP contribution in [-0.4, -0.2) is 9.13 Å². The van der Waals surface area contributed by atoms with Gasteiger partial charge in [-0.25, -0.2) is 0 Å². The Balaban J connectivity index is 0.957. The van der Waals surface area contributed by atoms with Crippen molar-refractivity contribution in [2.45, 2.75) is 181 Å². The average molecular weight is 1040 g/mol. The summed E-state index contributed by atoms with van der Waals surface area (Å²) in [5.74, 6) is 0. The van der Waals surface area contributed by atoms with E-state index in [-0.39, 0.29) is 0 Å². The van der Waals surface area contributed by atoms with Crippen LogP contribution in [0, 0.1) is 0 Å². The zero-order valence-electron chi connectivity index (χ0n) is 41.6. The van der Waals surface area contributed by atoms with Gasteiger partial charge in [0.05, 0.1) is 22.1 Å². The molecule has 358 valence electrons. The second-order valence-corrected chi connectivity index (χ2v) is 21.8. The van der Waals surface area contributed by atoms with E-state index in [1.165, 1.54) is 231 Å². The molecule has 0 radical (unpaired) electrons. The SMILES string of the molecule is CCCCCCCCCCCCCCc1cccc2c3cc(Br)ccc3n(-c3ccc(-c4ccc(-n5c6ccc(Br)cc6c6cccc(CCCCCCCCCCCCCC)c65)cc4)cc3)c12. The van der Waals surface area contributed by atoms with E-state index in [0.717, 1.165) is 21.8 Å². The van der Waals surface area contributed by atoms with Gasteiger partial charge in [-0.3, -0.25) is 0 Å². The number of para-hydroxylation sites is 2. The van der Waals surface area contributed by atoms with E-state index in [1.807, 2.05) is 0 Å². The number of unbranched alkanes of at least 4 members (excludes halogenated alkanes) is 22. The predicted molar refractivity (Wildman–Crippen MR) is 306 cm³/mol. The molecule has 2 nitrogen and oxygen atoms in total. The van der Waals surface area contributed by atoms with E-state index in [1.54, 1.807) is 0 Å². The van der Waals surface area contributed by atoms with Crippen LogP contribution in [0.2, 0.25) is 0 Å². The Morgan fingerprint density at radius 2 is 0.647 bits per heavy atom. The van der Waals surface area contributed by atoms with Gasteiger partial charge in [0.25, 0.3) is 0 Å². The van der Waals surface area contributed by atoms with Gasteiger partial charge < -0.3 is 9.13 Å². The maximum atomic E-state index is 3.80. The van der Waals surface area contributed by atoms with Gasteiger partial charge in [-0.15, -0.1) is 0 Å². The second-order valence-electron chi connectivity index (χ2n) is 20.0. The van der Waals surface area contributed by atoms with Gasteiger partial charge in [0.1, 0.15) is 0 Å². The fourth-order valence-corrected chi connectivity index (χ4v) is 11.8. The van der Waals surface area contributed by atoms with Crippen molar-refractivity contribution in [2.24, 2.45) is 0 Å². The maximum Gasteiger partial charge on any atom is 0.0573 e. The number of fused-ring (bicyclic) bond motifs is 6. The minimum atomic E-state index is 1.11. The Kier molecular flexibility index (Phi) is 19.4. The Labute approximate surface area is 426 Å². The van der Waals surface area contributed by atoms with Crippen LogP contribution in [0.25, 0.3) is 66.1 Å². The molecule has 2 aromatic heterocycles. The van der Waals surface area contributed by atoms with Crippen LogP contribution in [0.1, 0.15) is 179 Å². The fraction of sp³-hybridized carbons (Fsp3) is 0.438. The van der Waals surface area contributed by atoms with E-state index < -0.39 is 0 Å². The standard InChI is InChI=1S/C64H78Br2N2/c1-3-5-7-9-11-13-15-17-19-21-23-25-29-51-31-27-33-57-59-47-53(65)39-45-61(59)67(63(51)57)55-41-35-49(36-42-55)50-37-43-56(44-38-50)68-62-46-40-54(66)48-60(62)58-34-28-32-52(64(58)68)30-26-24-22-20-18-16-14-12-10-8-6-4-2/h27-28,31-48H,3-26,29-30H2,1-2H3. The minimum absolute atomic E-state index is 1.11. The van der Waals surface area contributed by atoms with Crippen LogP contribution in [0.5, 0.6) is 0 Å². The van der Waals surface area contributed by atoms with Crippen molar-refractivity contribution >= 4 is 75.5 Å². The zero-order valence-corrected chi connectivity index (χ0v) is 44.8. The van der Waals surface area contributed by atoms with E-state index in [9.17, 15) is 0 Å². The van der Waals surface area contributed by atoms with Crippen molar-refractivity contribution in [3.05, 3.63) is 141 Å². The monoisotopic (exact) mass is 1030 g/mol. The summed E-state index contributed by atoms with van der Waals surface area (Å²) in [6, 6.07) is 46.1. The molecule has 8 rings (SSSR count). The molecule has 0 spiro atoms. The molecule has 0 unspecified atom stereocenters. The molecular formula is C64H78Br2N2. The third kappa shape index (κ3) is 12.8. The van der Waals surface area contributed by atoms with Gasteiger partial charge in [0.2, 0.25) is 0 Å². The molecule has 0 bridgehead atoms. The molecule has 0 saturated carbocycles. The van der Waals surface area contributed by atoms with Gasteiger partial charge in [-0.1, -0.05) is 248 Å². The minimum Gasteiger partial charge on any atom is -0.309 e. The lowest BCUT2D eigenvalue weighted by Crippen LogP contribution is -1.98. The van der Waals surface area contributed by atoms with Crippen LogP contribution in [-0.2, 0) is 12.8 Å². The topological polar surface area (TPSA) is 9.86 Å². The molecule has 0 aliphatic rings. The molecule has 0 atom stereocenters. The lowest BCUT2D eigenvalue weighted by atomic mass is 10.0. The number of benzene rings is 6. The summed E-state index contributed by atoms with van der Waals surface area (Å²) >= 11 is 7.59. The Hall–Kier alpha value is -4.12. The summed E-state index contributed by atoms with van der Waals surface area (Å²) in [7, 11) is 0. The lowest BCUT2D eigenvalue weighted by molar-refractivity contribution is 0.544. The molecule has 0 aliphatic carbocycles. The van der Waals surface area contributed by atoms with E-state index in [4.69, 9.17) is 0 Å². The van der Waals surface area contributed by atoms with Crippen LogP contribution in [0.15, 0.2) is 130 Å². The first-order valence-electron chi connectivity index (χ1n) is 27.2. The third-order valence-electron chi connectivity index (χ3n) is 14.8. The van der Waals surface area contributed by atoms with Gasteiger partial charge in [0.15, 0.2) is 0 Å². The molecule has 2 heterocycles. The Morgan fingerprint density at radius 1 is 0.324 bits per heavy atom. The molecule has 0 N–H and O–H groups in total. The van der Waals surface area contributed by atoms with Gasteiger partial charge in [0, 0.05) is 41.9 Å². The first kappa shape index (κ1) is 50.3. The number of hydrogen-bond acceptors (Lipinski definition) is 0. The number of nitrogens with zero attached hydrogens (tertiary/aromatic N) is 2.